The highest BCUT2D eigenvalue weighted by Crippen LogP contribution is 2.39. The molecule has 2 fully saturated rings. The van der Waals surface area contributed by atoms with Crippen LogP contribution in [0.2, 0.25) is 0 Å². The number of hydrogen-bond donors (Lipinski definition) is 2. The zero-order valence-corrected chi connectivity index (χ0v) is 17.3. The number of nitrogens with one attached hydrogen (secondary N) is 2. The molecule has 3 rings (SSSR count). The second-order valence-corrected chi connectivity index (χ2v) is 9.40. The Morgan fingerprint density at radius 2 is 1.96 bits per heavy atom. The lowest BCUT2D eigenvalue weighted by atomic mass is 9.79. The lowest BCUT2D eigenvalue weighted by Crippen LogP contribution is -2.57. The van der Waals surface area contributed by atoms with E-state index in [0.29, 0.717) is 6.54 Å². The first-order valence-electron chi connectivity index (χ1n) is 9.88. The van der Waals surface area contributed by atoms with Gasteiger partial charge in [0.05, 0.1) is 22.1 Å². The van der Waals surface area contributed by atoms with Crippen LogP contribution in [0, 0.1) is 5.41 Å². The molecule has 0 saturated carbocycles. The lowest BCUT2D eigenvalue weighted by molar-refractivity contribution is -0.134. The minimum absolute atomic E-state index is 0.0729. The molecule has 2 aliphatic rings. The number of piperidine rings is 1. The molecule has 2 amide bonds. The fourth-order valence-corrected chi connectivity index (χ4v) is 4.40. The number of carbonyl (C=O) groups excluding carboxylic acids is 2. The molecule has 2 unspecified atom stereocenters. The number of hydrogen-bond acceptors (Lipinski definition) is 4. The average Bonchev–Trinajstić information content (AvgIpc) is 3.16. The Balaban J connectivity index is 1.59. The molecule has 2 saturated heterocycles. The summed E-state index contributed by atoms with van der Waals surface area (Å²) in [7, 11) is 1.84. The summed E-state index contributed by atoms with van der Waals surface area (Å²) >= 11 is 0. The van der Waals surface area contributed by atoms with Crippen LogP contribution in [0.25, 0.3) is 0 Å². The normalized spacial score (nSPS) is 25.3. The van der Waals surface area contributed by atoms with E-state index in [1.54, 1.807) is 10.9 Å². The third-order valence-electron chi connectivity index (χ3n) is 6.22. The Morgan fingerprint density at radius 3 is 2.63 bits per heavy atom. The van der Waals surface area contributed by atoms with Crippen molar-refractivity contribution in [2.24, 2.45) is 12.5 Å². The van der Waals surface area contributed by atoms with Crippen LogP contribution in [-0.2, 0) is 22.1 Å². The van der Waals surface area contributed by atoms with Crippen molar-refractivity contribution >= 4 is 11.8 Å². The predicted octanol–water partition coefficient (Wildman–Crippen LogP) is 1.19. The first-order valence-corrected chi connectivity index (χ1v) is 9.88. The van der Waals surface area contributed by atoms with Crippen LogP contribution < -0.4 is 10.6 Å². The molecule has 2 atom stereocenters. The topological polar surface area (TPSA) is 79.3 Å². The Bertz CT molecular complexity index is 720. The van der Waals surface area contributed by atoms with Gasteiger partial charge in [-0.2, -0.15) is 5.10 Å². The van der Waals surface area contributed by atoms with E-state index in [4.69, 9.17) is 0 Å². The van der Waals surface area contributed by atoms with Crippen LogP contribution in [0.4, 0.5) is 0 Å². The predicted molar refractivity (Wildman–Crippen MR) is 104 cm³/mol. The smallest absolute Gasteiger partial charge is 0.231 e. The Kier molecular flexibility index (Phi) is 5.10. The van der Waals surface area contributed by atoms with Crippen molar-refractivity contribution in [1.82, 2.24) is 25.3 Å². The molecule has 2 bridgehead atoms. The molecule has 150 valence electrons. The Labute approximate surface area is 161 Å². The van der Waals surface area contributed by atoms with Crippen molar-refractivity contribution in [2.75, 3.05) is 26.2 Å². The van der Waals surface area contributed by atoms with E-state index in [2.05, 4.69) is 20.6 Å². The Hall–Kier alpha value is -1.89. The molecule has 7 nitrogen and oxygen atoms in total. The largest absolute Gasteiger partial charge is 0.353 e. The van der Waals surface area contributed by atoms with Crippen molar-refractivity contribution in [3.63, 3.8) is 0 Å². The zero-order valence-electron chi connectivity index (χ0n) is 17.3. The molecule has 1 aromatic heterocycles. The number of amides is 2. The summed E-state index contributed by atoms with van der Waals surface area (Å²) in [5.41, 5.74) is -0.587. The van der Waals surface area contributed by atoms with E-state index in [9.17, 15) is 9.59 Å². The van der Waals surface area contributed by atoms with Gasteiger partial charge in [0.2, 0.25) is 11.8 Å². The zero-order chi connectivity index (χ0) is 19.9. The van der Waals surface area contributed by atoms with Gasteiger partial charge in [0.15, 0.2) is 0 Å². The van der Waals surface area contributed by atoms with E-state index in [0.717, 1.165) is 44.6 Å². The molecule has 27 heavy (non-hydrogen) atoms. The van der Waals surface area contributed by atoms with Crippen LogP contribution in [0.3, 0.4) is 0 Å². The standard InChI is InChI=1S/C20H33N5O2/c1-18(2,23-17(27)20-8-6-11-25(14-20)12-9-20)13-21-16(26)19(3,4)15-7-10-22-24(15)5/h7,10H,6,8-9,11-14H2,1-5H3,(H,21,26)(H,23,27). The molecule has 0 aliphatic carbocycles. The quantitative estimate of drug-likeness (QED) is 0.783. The third-order valence-corrected chi connectivity index (χ3v) is 6.22. The SMILES string of the molecule is Cn1nccc1C(C)(C)C(=O)NCC(C)(C)NC(=O)C12CCCN(CC1)C2. The highest BCUT2D eigenvalue weighted by atomic mass is 16.2. The van der Waals surface area contributed by atoms with Crippen LogP contribution in [0.5, 0.6) is 0 Å². The van der Waals surface area contributed by atoms with Gasteiger partial charge in [-0.15, -0.1) is 0 Å². The van der Waals surface area contributed by atoms with Gasteiger partial charge < -0.3 is 15.5 Å². The van der Waals surface area contributed by atoms with Gasteiger partial charge in [-0.25, -0.2) is 0 Å². The van der Waals surface area contributed by atoms with Crippen LogP contribution >= 0.6 is 0 Å². The molecule has 0 aromatic carbocycles. The third kappa shape index (κ3) is 3.88. The molecule has 0 radical (unpaired) electrons. The summed E-state index contributed by atoms with van der Waals surface area (Å²) in [6, 6.07) is 1.86. The highest BCUT2D eigenvalue weighted by Gasteiger charge is 2.47. The summed E-state index contributed by atoms with van der Waals surface area (Å²) in [4.78, 5) is 28.2. The van der Waals surface area contributed by atoms with Crippen LogP contribution in [0.15, 0.2) is 12.3 Å². The maximum absolute atomic E-state index is 13.0. The van der Waals surface area contributed by atoms with Gasteiger partial charge in [0, 0.05) is 26.3 Å². The summed E-state index contributed by atoms with van der Waals surface area (Å²) < 4.78 is 1.72. The molecule has 0 spiro atoms. The van der Waals surface area contributed by atoms with Crippen molar-refractivity contribution in [1.29, 1.82) is 0 Å². The van der Waals surface area contributed by atoms with Gasteiger partial charge in [-0.3, -0.25) is 14.3 Å². The fourth-order valence-electron chi connectivity index (χ4n) is 4.40. The number of fused-ring (bicyclic) bond motifs is 2. The minimum Gasteiger partial charge on any atom is -0.353 e. The molecule has 3 heterocycles. The summed E-state index contributed by atoms with van der Waals surface area (Å²) in [6.45, 7) is 11.1. The summed E-state index contributed by atoms with van der Waals surface area (Å²) in [5.74, 6) is 0.0612. The summed E-state index contributed by atoms with van der Waals surface area (Å²) in [6.07, 6.45) is 4.69. The number of rotatable bonds is 6. The van der Waals surface area contributed by atoms with E-state index in [-0.39, 0.29) is 17.2 Å². The van der Waals surface area contributed by atoms with E-state index in [1.165, 1.54) is 0 Å². The van der Waals surface area contributed by atoms with Gasteiger partial charge in [0.25, 0.3) is 0 Å². The van der Waals surface area contributed by atoms with Crippen LogP contribution in [-0.4, -0.2) is 58.2 Å². The van der Waals surface area contributed by atoms with Gasteiger partial charge in [-0.05, 0) is 66.1 Å². The summed E-state index contributed by atoms with van der Waals surface area (Å²) in [5, 5.41) is 10.4. The minimum atomic E-state index is -0.695. The molecule has 2 N–H and O–H groups in total. The number of nitrogens with zero attached hydrogens (tertiary/aromatic N) is 3. The van der Waals surface area contributed by atoms with Crippen LogP contribution in [0.1, 0.15) is 52.7 Å². The number of carbonyl (C=O) groups is 2. The fraction of sp³-hybridized carbons (Fsp3) is 0.750. The average molecular weight is 376 g/mol. The van der Waals surface area contributed by atoms with Crippen molar-refractivity contribution in [3.8, 4) is 0 Å². The molecule has 7 heteroatoms. The molecular formula is C20H33N5O2. The van der Waals surface area contributed by atoms with Crippen molar-refractivity contribution < 1.29 is 9.59 Å². The first kappa shape index (κ1) is 19.9. The van der Waals surface area contributed by atoms with Crippen molar-refractivity contribution in [2.45, 2.75) is 57.9 Å². The van der Waals surface area contributed by atoms with Gasteiger partial charge >= 0.3 is 0 Å². The maximum Gasteiger partial charge on any atom is 0.231 e. The first-order chi connectivity index (χ1) is 12.6. The monoisotopic (exact) mass is 375 g/mol. The highest BCUT2D eigenvalue weighted by molar-refractivity contribution is 5.87. The van der Waals surface area contributed by atoms with E-state index >= 15 is 0 Å². The van der Waals surface area contributed by atoms with E-state index < -0.39 is 11.0 Å². The molecular weight excluding hydrogens is 342 g/mol. The second-order valence-electron chi connectivity index (χ2n) is 9.40. The lowest BCUT2D eigenvalue weighted by Gasteiger charge is -2.37. The van der Waals surface area contributed by atoms with Crippen molar-refractivity contribution in [3.05, 3.63) is 18.0 Å². The Morgan fingerprint density at radius 1 is 1.22 bits per heavy atom. The van der Waals surface area contributed by atoms with Gasteiger partial charge in [0.1, 0.15) is 0 Å². The molecule has 2 aliphatic heterocycles. The second kappa shape index (κ2) is 6.93. The number of aromatic nitrogens is 2. The van der Waals surface area contributed by atoms with E-state index in [1.807, 2.05) is 40.8 Å². The maximum atomic E-state index is 13.0. The number of aryl methyl sites for hydroxylation is 1. The molecule has 1 aromatic rings. The van der Waals surface area contributed by atoms with Gasteiger partial charge in [-0.1, -0.05) is 0 Å².